The van der Waals surface area contributed by atoms with Crippen LogP contribution in [0.1, 0.15) is 5.56 Å². The van der Waals surface area contributed by atoms with Gasteiger partial charge in [-0.15, -0.1) is 0 Å². The van der Waals surface area contributed by atoms with Gasteiger partial charge in [-0.05, 0) is 12.1 Å². The Balaban J connectivity index is 2.46. The van der Waals surface area contributed by atoms with Crippen molar-refractivity contribution in [3.63, 3.8) is 0 Å². The summed E-state index contributed by atoms with van der Waals surface area (Å²) in [6.45, 7) is 0. The van der Waals surface area contributed by atoms with E-state index in [2.05, 4.69) is 4.42 Å². The third kappa shape index (κ3) is 2.64. The molecule has 0 amide bonds. The van der Waals surface area contributed by atoms with Gasteiger partial charge in [0.25, 0.3) is 0 Å². The number of rotatable bonds is 1. The lowest BCUT2D eigenvalue weighted by Crippen LogP contribution is -2.08. The Morgan fingerprint density at radius 2 is 1.58 bits per heavy atom. The summed E-state index contributed by atoms with van der Waals surface area (Å²) in [5.41, 5.74) is -2.39. The molecule has 1 heterocycles. The molecule has 100 valence electrons. The van der Waals surface area contributed by atoms with Crippen LogP contribution in [-0.2, 0) is 6.18 Å². The van der Waals surface area contributed by atoms with Crippen molar-refractivity contribution in [1.29, 1.82) is 0 Å². The highest BCUT2D eigenvalue weighted by Crippen LogP contribution is 2.30. The number of hydrogen-bond donors (Lipinski definition) is 0. The zero-order valence-corrected chi connectivity index (χ0v) is 9.09. The predicted molar refractivity (Wildman–Crippen MR) is 55.3 cm³/mol. The third-order valence-electron chi connectivity index (χ3n) is 2.35. The van der Waals surface area contributed by atoms with E-state index in [-0.39, 0.29) is 11.3 Å². The van der Waals surface area contributed by atoms with Crippen molar-refractivity contribution in [3.8, 4) is 11.3 Å². The number of alkyl halides is 3. The Morgan fingerprint density at radius 3 is 2.05 bits per heavy atom. The predicted octanol–water partition coefficient (Wildman–Crippen LogP) is 3.60. The fourth-order valence-corrected chi connectivity index (χ4v) is 1.42. The van der Waals surface area contributed by atoms with Gasteiger partial charge in [-0.2, -0.15) is 17.6 Å². The van der Waals surface area contributed by atoms with Gasteiger partial charge in [0.05, 0.1) is 5.56 Å². The molecule has 0 saturated heterocycles. The zero-order valence-electron chi connectivity index (χ0n) is 9.09. The molecule has 2 aromatic rings. The van der Waals surface area contributed by atoms with Gasteiger partial charge in [0.2, 0.25) is 5.82 Å². The first kappa shape index (κ1) is 13.3. The summed E-state index contributed by atoms with van der Waals surface area (Å²) in [6.07, 6.45) is -4.51. The van der Waals surface area contributed by atoms with Crippen molar-refractivity contribution in [3.05, 3.63) is 57.9 Å². The topological polar surface area (TPSA) is 30.2 Å². The van der Waals surface area contributed by atoms with E-state index < -0.39 is 29.0 Å². The largest absolute Gasteiger partial charge is 0.420 e. The first-order valence-corrected chi connectivity index (χ1v) is 4.96. The maximum Gasteiger partial charge on any atom is 0.416 e. The third-order valence-corrected chi connectivity index (χ3v) is 2.35. The first-order valence-electron chi connectivity index (χ1n) is 4.96. The SMILES string of the molecule is O=c1oc(-c2ccc(C(F)(F)F)cc2)cc(F)c1F. The molecule has 0 aliphatic heterocycles. The van der Waals surface area contributed by atoms with Crippen LogP contribution in [0.2, 0.25) is 0 Å². The van der Waals surface area contributed by atoms with Gasteiger partial charge in [-0.25, -0.2) is 9.18 Å². The standard InChI is InChI=1S/C12H5F5O2/c13-8-5-9(19-11(18)10(8)14)6-1-3-7(4-2-6)12(15,16)17/h1-5H. The van der Waals surface area contributed by atoms with E-state index in [0.717, 1.165) is 24.3 Å². The van der Waals surface area contributed by atoms with Crippen LogP contribution in [0, 0.1) is 11.6 Å². The smallest absolute Gasteiger partial charge is 0.416 e. The summed E-state index contributed by atoms with van der Waals surface area (Å²) in [7, 11) is 0. The van der Waals surface area contributed by atoms with E-state index in [4.69, 9.17) is 0 Å². The van der Waals surface area contributed by atoms with Crippen molar-refractivity contribution >= 4 is 0 Å². The maximum absolute atomic E-state index is 13.0. The molecule has 0 spiro atoms. The molecule has 0 radical (unpaired) electrons. The van der Waals surface area contributed by atoms with Crippen LogP contribution in [0.4, 0.5) is 22.0 Å². The second-order valence-corrected chi connectivity index (χ2v) is 3.64. The van der Waals surface area contributed by atoms with Gasteiger partial charge in [-0.1, -0.05) is 12.1 Å². The van der Waals surface area contributed by atoms with Crippen LogP contribution in [0.5, 0.6) is 0 Å². The summed E-state index contributed by atoms with van der Waals surface area (Å²) in [6, 6.07) is 4.09. The molecule has 0 atom stereocenters. The van der Waals surface area contributed by atoms with E-state index in [0.29, 0.717) is 6.07 Å². The van der Waals surface area contributed by atoms with E-state index in [1.165, 1.54) is 0 Å². The summed E-state index contributed by atoms with van der Waals surface area (Å²) in [5, 5.41) is 0. The minimum absolute atomic E-state index is 0.0315. The Kier molecular flexibility index (Phi) is 3.13. The van der Waals surface area contributed by atoms with Crippen LogP contribution in [0.3, 0.4) is 0 Å². The number of benzene rings is 1. The molecule has 2 nitrogen and oxygen atoms in total. The maximum atomic E-state index is 13.0. The lowest BCUT2D eigenvalue weighted by molar-refractivity contribution is -0.137. The Hall–Kier alpha value is -2.18. The number of halogens is 5. The minimum atomic E-state index is -4.51. The van der Waals surface area contributed by atoms with Crippen LogP contribution in [0.25, 0.3) is 11.3 Å². The summed E-state index contributed by atoms with van der Waals surface area (Å²) >= 11 is 0. The average molecular weight is 276 g/mol. The lowest BCUT2D eigenvalue weighted by atomic mass is 10.1. The van der Waals surface area contributed by atoms with Crippen LogP contribution in [0.15, 0.2) is 39.5 Å². The fraction of sp³-hybridized carbons (Fsp3) is 0.0833. The van der Waals surface area contributed by atoms with E-state index in [9.17, 15) is 26.7 Å². The summed E-state index contributed by atoms with van der Waals surface area (Å²) in [4.78, 5) is 10.9. The van der Waals surface area contributed by atoms with Crippen molar-refractivity contribution in [2.24, 2.45) is 0 Å². The molecule has 1 aromatic carbocycles. The highest BCUT2D eigenvalue weighted by molar-refractivity contribution is 5.57. The van der Waals surface area contributed by atoms with Crippen LogP contribution in [-0.4, -0.2) is 0 Å². The molecule has 0 bridgehead atoms. The second kappa shape index (κ2) is 4.49. The molecular formula is C12H5F5O2. The molecule has 2 rings (SSSR count). The van der Waals surface area contributed by atoms with Gasteiger partial charge in [0.15, 0.2) is 5.82 Å². The molecule has 0 unspecified atom stereocenters. The van der Waals surface area contributed by atoms with E-state index >= 15 is 0 Å². The van der Waals surface area contributed by atoms with Crippen LogP contribution < -0.4 is 5.63 Å². The molecule has 0 saturated carbocycles. The first-order chi connectivity index (χ1) is 8.79. The summed E-state index contributed by atoms with van der Waals surface area (Å²) in [5.74, 6) is -3.44. The second-order valence-electron chi connectivity index (χ2n) is 3.64. The summed E-state index contributed by atoms with van der Waals surface area (Å²) < 4.78 is 67.1. The monoisotopic (exact) mass is 276 g/mol. The fourth-order valence-electron chi connectivity index (χ4n) is 1.42. The molecule has 0 aliphatic rings. The van der Waals surface area contributed by atoms with Gasteiger partial charge < -0.3 is 4.42 Å². The zero-order chi connectivity index (χ0) is 14.2. The minimum Gasteiger partial charge on any atom is -0.420 e. The quantitative estimate of drug-likeness (QED) is 0.745. The Bertz CT molecular complexity index is 655. The average Bonchev–Trinajstić information content (AvgIpc) is 2.34. The molecular weight excluding hydrogens is 271 g/mol. The normalized spacial score (nSPS) is 11.6. The molecule has 0 aliphatic carbocycles. The van der Waals surface area contributed by atoms with Gasteiger partial charge >= 0.3 is 11.8 Å². The number of hydrogen-bond acceptors (Lipinski definition) is 2. The molecule has 1 aromatic heterocycles. The van der Waals surface area contributed by atoms with Gasteiger partial charge in [0, 0.05) is 11.6 Å². The Morgan fingerprint density at radius 1 is 1.00 bits per heavy atom. The van der Waals surface area contributed by atoms with Gasteiger partial charge in [-0.3, -0.25) is 0 Å². The molecule has 7 heteroatoms. The van der Waals surface area contributed by atoms with E-state index in [1.807, 2.05) is 0 Å². The van der Waals surface area contributed by atoms with Crippen LogP contribution >= 0.6 is 0 Å². The van der Waals surface area contributed by atoms with Crippen molar-refractivity contribution < 1.29 is 26.4 Å². The lowest BCUT2D eigenvalue weighted by Gasteiger charge is -2.07. The highest BCUT2D eigenvalue weighted by Gasteiger charge is 2.30. The Labute approximate surface area is 103 Å². The molecule has 0 N–H and O–H groups in total. The van der Waals surface area contributed by atoms with E-state index in [1.54, 1.807) is 0 Å². The van der Waals surface area contributed by atoms with Gasteiger partial charge in [0.1, 0.15) is 5.76 Å². The highest BCUT2D eigenvalue weighted by atomic mass is 19.4. The van der Waals surface area contributed by atoms with Crippen molar-refractivity contribution in [1.82, 2.24) is 0 Å². The molecule has 0 fully saturated rings. The molecule has 19 heavy (non-hydrogen) atoms. The van der Waals surface area contributed by atoms with Crippen molar-refractivity contribution in [2.45, 2.75) is 6.18 Å². The van der Waals surface area contributed by atoms with Crippen molar-refractivity contribution in [2.75, 3.05) is 0 Å².